The zero-order valence-electron chi connectivity index (χ0n) is 16.8. The molecule has 1 rings (SSSR count). The fourth-order valence-electron chi connectivity index (χ4n) is 2.94. The number of halogens is 1. The number of anilines is 1. The van der Waals surface area contributed by atoms with E-state index in [1.807, 2.05) is 0 Å². The van der Waals surface area contributed by atoms with Crippen LogP contribution in [0.2, 0.25) is 5.02 Å². The van der Waals surface area contributed by atoms with Crippen molar-refractivity contribution in [3.8, 4) is 5.75 Å². The highest BCUT2D eigenvalue weighted by molar-refractivity contribution is 7.92. The van der Waals surface area contributed by atoms with E-state index in [2.05, 4.69) is 19.2 Å². The predicted molar refractivity (Wildman–Crippen MR) is 111 cm³/mol. The lowest BCUT2D eigenvalue weighted by Crippen LogP contribution is -2.48. The number of unbranched alkanes of at least 4 members (excludes halogenated alkanes) is 1. The van der Waals surface area contributed by atoms with E-state index in [-0.39, 0.29) is 10.9 Å². The third-order valence-electron chi connectivity index (χ3n) is 4.59. The van der Waals surface area contributed by atoms with Gasteiger partial charge in [0, 0.05) is 6.54 Å². The predicted octanol–water partition coefficient (Wildman–Crippen LogP) is 3.84. The van der Waals surface area contributed by atoms with Gasteiger partial charge < -0.3 is 10.1 Å². The van der Waals surface area contributed by atoms with Crippen molar-refractivity contribution in [3.05, 3.63) is 23.2 Å². The van der Waals surface area contributed by atoms with E-state index in [4.69, 9.17) is 16.3 Å². The van der Waals surface area contributed by atoms with E-state index in [0.29, 0.717) is 23.9 Å². The van der Waals surface area contributed by atoms with Crippen LogP contribution in [-0.4, -0.2) is 40.3 Å². The summed E-state index contributed by atoms with van der Waals surface area (Å²) in [5, 5.41) is 3.18. The third-order valence-corrected chi connectivity index (χ3v) is 6.12. The highest BCUT2D eigenvalue weighted by Gasteiger charge is 2.29. The number of hydrogen-bond donors (Lipinski definition) is 1. The van der Waals surface area contributed by atoms with Crippen molar-refractivity contribution in [2.24, 2.45) is 5.92 Å². The Labute approximate surface area is 168 Å². The number of carbonyl (C=O) groups excluding carboxylic acids is 1. The summed E-state index contributed by atoms with van der Waals surface area (Å²) in [5.74, 6) is 0.498. The van der Waals surface area contributed by atoms with Gasteiger partial charge in [-0.15, -0.1) is 0 Å². The Morgan fingerprint density at radius 1 is 1.33 bits per heavy atom. The first-order valence-corrected chi connectivity index (χ1v) is 11.5. The maximum absolute atomic E-state index is 12.6. The van der Waals surface area contributed by atoms with Crippen LogP contribution in [0, 0.1) is 5.92 Å². The molecule has 0 spiro atoms. The van der Waals surface area contributed by atoms with Gasteiger partial charge in [-0.2, -0.15) is 0 Å². The van der Waals surface area contributed by atoms with Gasteiger partial charge >= 0.3 is 0 Å². The number of nitrogens with zero attached hydrogens (tertiary/aromatic N) is 1. The van der Waals surface area contributed by atoms with Crippen molar-refractivity contribution < 1.29 is 17.9 Å². The summed E-state index contributed by atoms with van der Waals surface area (Å²) in [5.41, 5.74) is 0.323. The summed E-state index contributed by atoms with van der Waals surface area (Å²) in [7, 11) is -2.20. The largest absolute Gasteiger partial charge is 0.495 e. The Morgan fingerprint density at radius 3 is 2.48 bits per heavy atom. The highest BCUT2D eigenvalue weighted by atomic mass is 35.5. The summed E-state index contributed by atoms with van der Waals surface area (Å²) >= 11 is 6.13. The summed E-state index contributed by atoms with van der Waals surface area (Å²) < 4.78 is 30.9. The van der Waals surface area contributed by atoms with Gasteiger partial charge in [-0.3, -0.25) is 9.10 Å². The molecule has 1 aromatic rings. The van der Waals surface area contributed by atoms with Crippen molar-refractivity contribution in [3.63, 3.8) is 0 Å². The molecule has 1 aromatic carbocycles. The van der Waals surface area contributed by atoms with Crippen LogP contribution in [-0.2, 0) is 14.8 Å². The molecule has 0 saturated carbocycles. The molecule has 27 heavy (non-hydrogen) atoms. The number of carbonyl (C=O) groups is 1. The summed E-state index contributed by atoms with van der Waals surface area (Å²) in [6.07, 6.45) is 5.32. The average molecular weight is 419 g/mol. The molecular formula is C19H31ClN2O4S. The summed E-state index contributed by atoms with van der Waals surface area (Å²) in [6, 6.07) is 3.75. The number of methoxy groups -OCH3 is 1. The Morgan fingerprint density at radius 2 is 2.00 bits per heavy atom. The first-order chi connectivity index (χ1) is 12.6. The maximum Gasteiger partial charge on any atom is 0.243 e. The minimum Gasteiger partial charge on any atom is -0.495 e. The molecule has 0 fully saturated rings. The molecule has 0 aliphatic rings. The van der Waals surface area contributed by atoms with Crippen LogP contribution in [0.3, 0.4) is 0 Å². The molecule has 8 heteroatoms. The van der Waals surface area contributed by atoms with Crippen LogP contribution < -0.4 is 14.4 Å². The maximum atomic E-state index is 12.6. The smallest absolute Gasteiger partial charge is 0.243 e. The van der Waals surface area contributed by atoms with Gasteiger partial charge in [0.25, 0.3) is 0 Å². The third kappa shape index (κ3) is 6.88. The minimum atomic E-state index is -3.68. The van der Waals surface area contributed by atoms with Gasteiger partial charge in [-0.05, 0) is 37.5 Å². The van der Waals surface area contributed by atoms with Gasteiger partial charge in [-0.25, -0.2) is 8.42 Å². The van der Waals surface area contributed by atoms with Crippen molar-refractivity contribution in [1.82, 2.24) is 5.32 Å². The van der Waals surface area contributed by atoms with E-state index in [0.717, 1.165) is 36.2 Å². The molecule has 154 valence electrons. The molecule has 2 atom stereocenters. The molecule has 0 aliphatic carbocycles. The minimum absolute atomic E-state index is 0.280. The number of amides is 1. The summed E-state index contributed by atoms with van der Waals surface area (Å²) in [4.78, 5) is 12.6. The van der Waals surface area contributed by atoms with Crippen molar-refractivity contribution >= 4 is 33.2 Å². The Bertz CT molecular complexity index is 724. The van der Waals surface area contributed by atoms with Crippen LogP contribution >= 0.6 is 11.6 Å². The molecular weight excluding hydrogens is 388 g/mol. The molecule has 0 bridgehead atoms. The number of benzene rings is 1. The molecule has 6 nitrogen and oxygen atoms in total. The zero-order valence-corrected chi connectivity index (χ0v) is 18.4. The normalized spacial score (nSPS) is 13.7. The SMILES string of the molecule is CCCC[C@@H](CC)CNC(=O)[C@H](C)N(c1ccc(OC)c(Cl)c1)S(C)(=O)=O. The van der Waals surface area contributed by atoms with E-state index < -0.39 is 16.1 Å². The lowest BCUT2D eigenvalue weighted by atomic mass is 9.99. The molecule has 0 saturated heterocycles. The van der Waals surface area contributed by atoms with Crippen LogP contribution in [0.5, 0.6) is 5.75 Å². The average Bonchev–Trinajstić information content (AvgIpc) is 2.60. The number of nitrogens with one attached hydrogen (secondary N) is 1. The number of sulfonamides is 1. The Kier molecular flexibility index (Phi) is 9.39. The molecule has 0 heterocycles. The van der Waals surface area contributed by atoms with Gasteiger partial charge in [0.15, 0.2) is 0 Å². The second-order valence-corrected chi connectivity index (χ2v) is 8.98. The van der Waals surface area contributed by atoms with Crippen LogP contribution in [0.1, 0.15) is 46.5 Å². The fraction of sp³-hybridized carbons (Fsp3) is 0.632. The zero-order chi connectivity index (χ0) is 20.6. The second-order valence-electron chi connectivity index (χ2n) is 6.72. The molecule has 1 N–H and O–H groups in total. The molecule has 0 aliphatic heterocycles. The highest BCUT2D eigenvalue weighted by Crippen LogP contribution is 2.31. The van der Waals surface area contributed by atoms with Crippen LogP contribution in [0.15, 0.2) is 18.2 Å². The van der Waals surface area contributed by atoms with Crippen molar-refractivity contribution in [2.75, 3.05) is 24.2 Å². The standard InChI is InChI=1S/C19H31ClN2O4S/c1-6-8-9-15(7-2)13-21-19(23)14(3)22(27(5,24)25)16-10-11-18(26-4)17(20)12-16/h10-12,14-15H,6-9,13H2,1-5H3,(H,21,23)/t14-,15+/m0/s1. The lowest BCUT2D eigenvalue weighted by molar-refractivity contribution is -0.122. The van der Waals surface area contributed by atoms with E-state index in [1.165, 1.54) is 13.2 Å². The molecule has 0 radical (unpaired) electrons. The fourth-order valence-corrected chi connectivity index (χ4v) is 4.36. The lowest BCUT2D eigenvalue weighted by Gasteiger charge is -2.29. The second kappa shape index (κ2) is 10.8. The van der Waals surface area contributed by atoms with Crippen LogP contribution in [0.25, 0.3) is 0 Å². The Hall–Kier alpha value is -1.47. The quantitative estimate of drug-likeness (QED) is 0.592. The van der Waals surface area contributed by atoms with Gasteiger partial charge in [0.2, 0.25) is 15.9 Å². The number of hydrogen-bond acceptors (Lipinski definition) is 4. The first-order valence-electron chi connectivity index (χ1n) is 9.26. The first kappa shape index (κ1) is 23.6. The Balaban J connectivity index is 2.97. The molecule has 0 unspecified atom stereocenters. The van der Waals surface area contributed by atoms with E-state index in [1.54, 1.807) is 19.1 Å². The summed E-state index contributed by atoms with van der Waals surface area (Å²) in [6.45, 7) is 6.34. The monoisotopic (exact) mass is 418 g/mol. The van der Waals surface area contributed by atoms with Crippen molar-refractivity contribution in [2.45, 2.75) is 52.5 Å². The molecule has 0 aromatic heterocycles. The van der Waals surface area contributed by atoms with Gasteiger partial charge in [0.05, 0.1) is 24.1 Å². The van der Waals surface area contributed by atoms with E-state index in [9.17, 15) is 13.2 Å². The van der Waals surface area contributed by atoms with Crippen molar-refractivity contribution in [1.29, 1.82) is 0 Å². The van der Waals surface area contributed by atoms with Gasteiger partial charge in [-0.1, -0.05) is 44.7 Å². The topological polar surface area (TPSA) is 75.7 Å². The number of ether oxygens (including phenoxy) is 1. The molecule has 1 amide bonds. The number of rotatable bonds is 11. The van der Waals surface area contributed by atoms with E-state index >= 15 is 0 Å². The van der Waals surface area contributed by atoms with Crippen LogP contribution in [0.4, 0.5) is 5.69 Å². The van der Waals surface area contributed by atoms with Gasteiger partial charge in [0.1, 0.15) is 11.8 Å².